The number of rotatable bonds is 5. The largest absolute Gasteiger partial charge is 0.324 e. The van der Waals surface area contributed by atoms with Crippen LogP contribution >= 0.6 is 45.9 Å². The van der Waals surface area contributed by atoms with Gasteiger partial charge in [0.2, 0.25) is 0 Å². The van der Waals surface area contributed by atoms with Gasteiger partial charge in [-0.25, -0.2) is 4.98 Å². The highest BCUT2D eigenvalue weighted by atomic mass is 35.5. The van der Waals surface area contributed by atoms with E-state index in [1.54, 1.807) is 23.5 Å². The first kappa shape index (κ1) is 19.8. The summed E-state index contributed by atoms with van der Waals surface area (Å²) in [5.74, 6) is 0.453. The van der Waals surface area contributed by atoms with Crippen molar-refractivity contribution in [3.63, 3.8) is 0 Å². The van der Waals surface area contributed by atoms with E-state index in [0.29, 0.717) is 16.0 Å². The Labute approximate surface area is 180 Å². The average molecular weight is 454 g/mol. The third kappa shape index (κ3) is 4.39. The van der Waals surface area contributed by atoms with Crippen LogP contribution in [0.4, 0.5) is 5.00 Å². The molecule has 0 saturated carbocycles. The summed E-state index contributed by atoms with van der Waals surface area (Å²) < 4.78 is 0. The first-order valence-electron chi connectivity index (χ1n) is 8.84. The molecule has 3 heterocycles. The van der Waals surface area contributed by atoms with Gasteiger partial charge in [0.1, 0.15) is 0 Å². The Morgan fingerprint density at radius 3 is 2.61 bits per heavy atom. The Hall–Kier alpha value is -1.51. The van der Waals surface area contributed by atoms with Crippen LogP contribution in [0.1, 0.15) is 29.3 Å². The van der Waals surface area contributed by atoms with E-state index < -0.39 is 0 Å². The van der Waals surface area contributed by atoms with Crippen LogP contribution in [-0.2, 0) is 6.54 Å². The minimum atomic E-state index is -0.325. The lowest BCUT2D eigenvalue weighted by molar-refractivity contribution is -0.380. The minimum absolute atomic E-state index is 0.211. The van der Waals surface area contributed by atoms with Gasteiger partial charge in [-0.2, -0.15) is 0 Å². The minimum Gasteiger partial charge on any atom is -0.299 e. The van der Waals surface area contributed by atoms with Gasteiger partial charge >= 0.3 is 5.00 Å². The molecule has 3 aromatic rings. The summed E-state index contributed by atoms with van der Waals surface area (Å²) in [5.41, 5.74) is 2.94. The summed E-state index contributed by atoms with van der Waals surface area (Å²) in [6.45, 7) is 2.70. The molecule has 0 atom stereocenters. The van der Waals surface area contributed by atoms with E-state index in [9.17, 15) is 10.1 Å². The molecule has 0 N–H and O–H groups in total. The highest BCUT2D eigenvalue weighted by Gasteiger charge is 2.24. The van der Waals surface area contributed by atoms with Gasteiger partial charge < -0.3 is 0 Å². The molecule has 1 fully saturated rings. The predicted octanol–water partition coefficient (Wildman–Crippen LogP) is 6.47. The van der Waals surface area contributed by atoms with Crippen LogP contribution in [0, 0.1) is 10.1 Å². The third-order valence-corrected chi connectivity index (χ3v) is 7.58. The van der Waals surface area contributed by atoms with E-state index in [1.165, 1.54) is 11.3 Å². The molecule has 0 spiro atoms. The van der Waals surface area contributed by atoms with Gasteiger partial charge in [-0.3, -0.25) is 15.0 Å². The lowest BCUT2D eigenvalue weighted by Crippen LogP contribution is -2.32. The number of thiazole rings is 1. The van der Waals surface area contributed by atoms with E-state index >= 15 is 0 Å². The Morgan fingerprint density at radius 2 is 1.93 bits per heavy atom. The molecule has 0 amide bonds. The molecule has 0 radical (unpaired) electrons. The van der Waals surface area contributed by atoms with Crippen molar-refractivity contribution < 1.29 is 4.92 Å². The summed E-state index contributed by atoms with van der Waals surface area (Å²) in [4.78, 5) is 17.7. The molecule has 0 bridgehead atoms. The summed E-state index contributed by atoms with van der Waals surface area (Å²) in [7, 11) is 0. The fraction of sp³-hybridized carbons (Fsp3) is 0.316. The summed E-state index contributed by atoms with van der Waals surface area (Å²) >= 11 is 15.0. The summed E-state index contributed by atoms with van der Waals surface area (Å²) in [6.07, 6.45) is 2.08. The zero-order valence-electron chi connectivity index (χ0n) is 14.8. The number of likely N-dealkylation sites (tertiary alicyclic amines) is 1. The number of nitro groups is 1. The molecule has 9 heteroatoms. The summed E-state index contributed by atoms with van der Waals surface area (Å²) in [5, 5.41) is 17.2. The molecule has 1 aliphatic heterocycles. The SMILES string of the molecule is O=[N+]([O-])c1cc(CN2CCC(c3nc(-c4ccc(Cl)c(Cl)c4)cs3)CC2)cs1. The average Bonchev–Trinajstić information content (AvgIpc) is 3.35. The second-order valence-electron chi connectivity index (χ2n) is 6.80. The highest BCUT2D eigenvalue weighted by molar-refractivity contribution is 7.13. The lowest BCUT2D eigenvalue weighted by Gasteiger charge is -2.30. The standard InChI is InChI=1S/C19H17Cl2N3O2S2/c20-15-2-1-14(8-16(15)21)17-11-28-19(22-17)13-3-5-23(6-4-13)9-12-7-18(24(25)26)27-10-12/h1-2,7-8,10-11,13H,3-6,9H2. The van der Waals surface area contributed by atoms with E-state index in [0.717, 1.165) is 54.3 Å². The fourth-order valence-electron chi connectivity index (χ4n) is 3.40. The number of benzene rings is 1. The molecule has 5 nitrogen and oxygen atoms in total. The van der Waals surface area contributed by atoms with Gasteiger partial charge in [-0.1, -0.05) is 40.6 Å². The monoisotopic (exact) mass is 453 g/mol. The molecule has 2 aromatic heterocycles. The quantitative estimate of drug-likeness (QED) is 0.328. The molecule has 0 unspecified atom stereocenters. The number of nitrogens with zero attached hydrogens (tertiary/aromatic N) is 3. The van der Waals surface area contributed by atoms with E-state index in [-0.39, 0.29) is 9.92 Å². The second kappa shape index (κ2) is 8.47. The van der Waals surface area contributed by atoms with Crippen LogP contribution in [0.5, 0.6) is 0 Å². The molecule has 1 aliphatic rings. The zero-order valence-corrected chi connectivity index (χ0v) is 18.0. The van der Waals surface area contributed by atoms with Crippen LogP contribution < -0.4 is 0 Å². The number of halogens is 2. The van der Waals surface area contributed by atoms with Gasteiger partial charge in [-0.15, -0.1) is 11.3 Å². The molecular formula is C19H17Cl2N3O2S2. The van der Waals surface area contributed by atoms with E-state index in [2.05, 4.69) is 10.3 Å². The first-order chi connectivity index (χ1) is 13.5. The van der Waals surface area contributed by atoms with Gasteiger partial charge in [0, 0.05) is 34.9 Å². The Bertz CT molecular complexity index is 997. The molecule has 1 aromatic carbocycles. The maximum Gasteiger partial charge on any atom is 0.324 e. The van der Waals surface area contributed by atoms with Crippen molar-refractivity contribution in [1.29, 1.82) is 0 Å². The van der Waals surface area contributed by atoms with Crippen LogP contribution in [0.3, 0.4) is 0 Å². The Balaban J connectivity index is 1.36. The maximum absolute atomic E-state index is 10.8. The van der Waals surface area contributed by atoms with Crippen LogP contribution in [0.15, 0.2) is 35.0 Å². The first-order valence-corrected chi connectivity index (χ1v) is 11.4. The van der Waals surface area contributed by atoms with Crippen LogP contribution in [-0.4, -0.2) is 27.9 Å². The molecule has 1 saturated heterocycles. The smallest absolute Gasteiger partial charge is 0.299 e. The molecular weight excluding hydrogens is 437 g/mol. The number of hydrogen-bond donors (Lipinski definition) is 0. The Kier molecular flexibility index (Phi) is 5.99. The van der Waals surface area contributed by atoms with Gasteiger partial charge in [0.15, 0.2) is 0 Å². The van der Waals surface area contributed by atoms with Crippen molar-refractivity contribution in [3.05, 3.63) is 65.8 Å². The van der Waals surface area contributed by atoms with E-state index in [1.807, 2.05) is 17.5 Å². The predicted molar refractivity (Wildman–Crippen MR) is 116 cm³/mol. The van der Waals surface area contributed by atoms with E-state index in [4.69, 9.17) is 28.2 Å². The van der Waals surface area contributed by atoms with Gasteiger partial charge in [-0.05, 0) is 43.6 Å². The maximum atomic E-state index is 10.8. The molecule has 4 rings (SSSR count). The second-order valence-corrected chi connectivity index (χ2v) is 9.39. The number of aromatic nitrogens is 1. The number of hydrogen-bond acceptors (Lipinski definition) is 6. The van der Waals surface area contributed by atoms with Crippen molar-refractivity contribution in [2.75, 3.05) is 13.1 Å². The molecule has 28 heavy (non-hydrogen) atoms. The van der Waals surface area contributed by atoms with Gasteiger partial charge in [0.25, 0.3) is 0 Å². The van der Waals surface area contributed by atoms with Crippen molar-refractivity contribution in [2.24, 2.45) is 0 Å². The Morgan fingerprint density at radius 1 is 1.14 bits per heavy atom. The van der Waals surface area contributed by atoms with Gasteiger partial charge in [0.05, 0.1) is 25.7 Å². The number of piperidine rings is 1. The summed E-state index contributed by atoms with van der Waals surface area (Å²) in [6, 6.07) is 7.27. The van der Waals surface area contributed by atoms with Crippen molar-refractivity contribution in [3.8, 4) is 11.3 Å². The third-order valence-electron chi connectivity index (χ3n) is 4.90. The fourth-order valence-corrected chi connectivity index (χ4v) is 5.42. The molecule has 0 aliphatic carbocycles. The number of thiophene rings is 1. The van der Waals surface area contributed by atoms with Crippen molar-refractivity contribution in [1.82, 2.24) is 9.88 Å². The normalized spacial score (nSPS) is 15.8. The lowest BCUT2D eigenvalue weighted by atomic mass is 9.97. The zero-order chi connectivity index (χ0) is 19.7. The van der Waals surface area contributed by atoms with Crippen molar-refractivity contribution >= 4 is 50.9 Å². The highest BCUT2D eigenvalue weighted by Crippen LogP contribution is 2.35. The van der Waals surface area contributed by atoms with Crippen LogP contribution in [0.25, 0.3) is 11.3 Å². The molecule has 146 valence electrons. The topological polar surface area (TPSA) is 59.3 Å². The van der Waals surface area contributed by atoms with Crippen molar-refractivity contribution in [2.45, 2.75) is 25.3 Å². The van der Waals surface area contributed by atoms with Crippen LogP contribution in [0.2, 0.25) is 10.0 Å².